The van der Waals surface area contributed by atoms with Crippen molar-refractivity contribution in [3.63, 3.8) is 0 Å². The lowest BCUT2D eigenvalue weighted by atomic mass is 9.79. The second kappa shape index (κ2) is 4.48. The van der Waals surface area contributed by atoms with E-state index in [9.17, 15) is 4.79 Å². The number of epoxide rings is 1. The summed E-state index contributed by atoms with van der Waals surface area (Å²) in [5.74, 6) is 2.77. The zero-order chi connectivity index (χ0) is 14.8. The van der Waals surface area contributed by atoms with E-state index in [1.54, 1.807) is 0 Å². The molecule has 1 saturated heterocycles. The predicted molar refractivity (Wildman–Crippen MR) is 81.5 cm³/mol. The Balaban J connectivity index is 1.22. The summed E-state index contributed by atoms with van der Waals surface area (Å²) in [5.41, 5.74) is 1.98. The first-order valence-electron chi connectivity index (χ1n) is 8.39. The lowest BCUT2D eigenvalue weighted by molar-refractivity contribution is 0.0251. The van der Waals surface area contributed by atoms with Crippen LogP contribution in [0.2, 0.25) is 0 Å². The number of ether oxygens (including phenoxy) is 2. The number of carbonyl (C=O) groups excluding carboxylic acids is 1. The van der Waals surface area contributed by atoms with Crippen molar-refractivity contribution in [2.24, 2.45) is 23.7 Å². The highest BCUT2D eigenvalue weighted by atomic mass is 16.6. The van der Waals surface area contributed by atoms with Crippen LogP contribution >= 0.6 is 0 Å². The molecule has 4 heteroatoms. The molecular formula is C18H21NO3. The molecule has 4 fully saturated rings. The minimum atomic E-state index is -0.308. The predicted octanol–water partition coefficient (Wildman–Crippen LogP) is 3.36. The van der Waals surface area contributed by atoms with Gasteiger partial charge in [0.25, 0.3) is 0 Å². The van der Waals surface area contributed by atoms with E-state index in [1.165, 1.54) is 18.4 Å². The molecule has 0 radical (unpaired) electrons. The van der Waals surface area contributed by atoms with Crippen molar-refractivity contribution < 1.29 is 14.3 Å². The maximum Gasteiger partial charge on any atom is 0.411 e. The number of carbonyl (C=O) groups is 1. The van der Waals surface area contributed by atoms with Gasteiger partial charge >= 0.3 is 6.09 Å². The van der Waals surface area contributed by atoms with E-state index in [0.717, 1.165) is 23.9 Å². The largest absolute Gasteiger partial charge is 0.446 e. The molecule has 1 N–H and O–H groups in total. The average Bonchev–Trinajstić information content (AvgIpc) is 2.84. The van der Waals surface area contributed by atoms with E-state index in [0.29, 0.717) is 24.0 Å². The van der Waals surface area contributed by atoms with E-state index in [4.69, 9.17) is 9.47 Å². The molecule has 116 valence electrons. The Hall–Kier alpha value is -1.55. The summed E-state index contributed by atoms with van der Waals surface area (Å²) in [6.07, 6.45) is 4.31. The Bertz CT molecular complexity index is 613. The summed E-state index contributed by atoms with van der Waals surface area (Å²) >= 11 is 0. The highest BCUT2D eigenvalue weighted by Crippen LogP contribution is 2.64. The Kier molecular flexibility index (Phi) is 2.63. The molecular weight excluding hydrogens is 278 g/mol. The van der Waals surface area contributed by atoms with Gasteiger partial charge in [-0.25, -0.2) is 4.79 Å². The Morgan fingerprint density at radius 1 is 1.18 bits per heavy atom. The zero-order valence-electron chi connectivity index (χ0n) is 12.7. The molecule has 0 spiro atoms. The number of benzene rings is 1. The van der Waals surface area contributed by atoms with Crippen molar-refractivity contribution in [2.45, 2.75) is 44.5 Å². The molecule has 7 atom stereocenters. The van der Waals surface area contributed by atoms with Crippen LogP contribution in [0, 0.1) is 30.6 Å². The van der Waals surface area contributed by atoms with Crippen LogP contribution in [0.15, 0.2) is 24.3 Å². The Morgan fingerprint density at radius 2 is 2.00 bits per heavy atom. The minimum absolute atomic E-state index is 0.106. The number of hydrogen-bond donors (Lipinski definition) is 1. The number of fused-ring (bicyclic) bond motifs is 7. The van der Waals surface area contributed by atoms with Crippen LogP contribution in [-0.4, -0.2) is 24.4 Å². The quantitative estimate of drug-likeness (QED) is 0.852. The van der Waals surface area contributed by atoms with Gasteiger partial charge in [0.15, 0.2) is 0 Å². The van der Waals surface area contributed by atoms with E-state index < -0.39 is 0 Å². The molecule has 0 aromatic heterocycles. The fourth-order valence-corrected chi connectivity index (χ4v) is 5.32. The highest BCUT2D eigenvalue weighted by Gasteiger charge is 2.67. The van der Waals surface area contributed by atoms with Crippen LogP contribution in [0.25, 0.3) is 0 Å². The van der Waals surface area contributed by atoms with Crippen molar-refractivity contribution in [1.29, 1.82) is 0 Å². The monoisotopic (exact) mass is 299 g/mol. The maximum absolute atomic E-state index is 12.1. The summed E-state index contributed by atoms with van der Waals surface area (Å²) in [5, 5.41) is 2.85. The molecule has 3 aliphatic carbocycles. The minimum Gasteiger partial charge on any atom is -0.446 e. The van der Waals surface area contributed by atoms with Gasteiger partial charge in [-0.1, -0.05) is 17.7 Å². The lowest BCUT2D eigenvalue weighted by Crippen LogP contribution is -2.35. The molecule has 1 amide bonds. The highest BCUT2D eigenvalue weighted by molar-refractivity contribution is 5.84. The lowest BCUT2D eigenvalue weighted by Gasteiger charge is -2.32. The van der Waals surface area contributed by atoms with Gasteiger partial charge in [0.2, 0.25) is 0 Å². The van der Waals surface area contributed by atoms with Gasteiger partial charge in [-0.15, -0.1) is 0 Å². The average molecular weight is 299 g/mol. The standard InChI is InChI=1S/C18H21NO3/c1-9-2-4-11(5-3-9)19-18(20)22-14-7-10-6-12(14)13-8-15-17(21-15)16(10)13/h2-5,10,12-17H,6-8H2,1H3,(H,19,20)/t10-,12+,13+,14-,15+,16-,17+/m1/s1. The van der Waals surface area contributed by atoms with Gasteiger partial charge in [0.05, 0.1) is 12.2 Å². The summed E-state index contributed by atoms with van der Waals surface area (Å²) < 4.78 is 11.5. The zero-order valence-corrected chi connectivity index (χ0v) is 12.7. The first-order valence-corrected chi connectivity index (χ1v) is 8.39. The van der Waals surface area contributed by atoms with E-state index in [2.05, 4.69) is 5.32 Å². The summed E-state index contributed by atoms with van der Waals surface area (Å²) in [6, 6.07) is 7.80. The smallest absolute Gasteiger partial charge is 0.411 e. The van der Waals surface area contributed by atoms with Crippen LogP contribution in [0.1, 0.15) is 24.8 Å². The summed E-state index contributed by atoms with van der Waals surface area (Å²) in [7, 11) is 0. The SMILES string of the molecule is Cc1ccc(NC(=O)O[C@@H]2C[C@H]3C[C@H]2[C@@H]2C[C@@H]4O[C@@H]4[C@H]32)cc1. The van der Waals surface area contributed by atoms with E-state index in [1.807, 2.05) is 31.2 Å². The van der Waals surface area contributed by atoms with Crippen LogP contribution in [-0.2, 0) is 9.47 Å². The molecule has 4 nitrogen and oxygen atoms in total. The molecule has 3 saturated carbocycles. The first kappa shape index (κ1) is 12.9. The third-order valence-electron chi connectivity index (χ3n) is 6.24. The van der Waals surface area contributed by atoms with E-state index in [-0.39, 0.29) is 12.2 Å². The fourth-order valence-electron chi connectivity index (χ4n) is 5.32. The number of rotatable bonds is 2. The molecule has 1 heterocycles. The van der Waals surface area contributed by atoms with Gasteiger partial charge in [0, 0.05) is 5.69 Å². The van der Waals surface area contributed by atoms with Crippen LogP contribution in [0.3, 0.4) is 0 Å². The summed E-state index contributed by atoms with van der Waals surface area (Å²) in [4.78, 5) is 12.1. The maximum atomic E-state index is 12.1. The number of amides is 1. The number of aryl methyl sites for hydroxylation is 1. The number of anilines is 1. The van der Waals surface area contributed by atoms with Gasteiger partial charge in [0.1, 0.15) is 6.10 Å². The fraction of sp³-hybridized carbons (Fsp3) is 0.611. The van der Waals surface area contributed by atoms with Gasteiger partial charge in [-0.2, -0.15) is 0 Å². The first-order chi connectivity index (χ1) is 10.7. The van der Waals surface area contributed by atoms with Crippen molar-refractivity contribution >= 4 is 11.8 Å². The van der Waals surface area contributed by atoms with Crippen molar-refractivity contribution in [3.05, 3.63) is 29.8 Å². The van der Waals surface area contributed by atoms with Crippen molar-refractivity contribution in [2.75, 3.05) is 5.32 Å². The van der Waals surface area contributed by atoms with Gasteiger partial charge in [-0.05, 0) is 62.0 Å². The second-order valence-corrected chi connectivity index (χ2v) is 7.45. The Morgan fingerprint density at radius 3 is 2.82 bits per heavy atom. The molecule has 4 aliphatic rings. The number of hydrogen-bond acceptors (Lipinski definition) is 3. The number of nitrogens with one attached hydrogen (secondary N) is 1. The molecule has 2 bridgehead atoms. The van der Waals surface area contributed by atoms with Gasteiger partial charge in [-0.3, -0.25) is 5.32 Å². The Labute approximate surface area is 130 Å². The molecule has 5 rings (SSSR count). The third kappa shape index (κ3) is 1.89. The normalized spacial score (nSPS) is 43.6. The van der Waals surface area contributed by atoms with E-state index >= 15 is 0 Å². The third-order valence-corrected chi connectivity index (χ3v) is 6.24. The van der Waals surface area contributed by atoms with Crippen LogP contribution in [0.5, 0.6) is 0 Å². The van der Waals surface area contributed by atoms with Gasteiger partial charge < -0.3 is 9.47 Å². The van der Waals surface area contributed by atoms with Crippen LogP contribution < -0.4 is 5.32 Å². The second-order valence-electron chi connectivity index (χ2n) is 7.45. The van der Waals surface area contributed by atoms with Crippen LogP contribution in [0.4, 0.5) is 10.5 Å². The summed E-state index contributed by atoms with van der Waals surface area (Å²) in [6.45, 7) is 2.03. The van der Waals surface area contributed by atoms with Crippen molar-refractivity contribution in [1.82, 2.24) is 0 Å². The van der Waals surface area contributed by atoms with Crippen molar-refractivity contribution in [3.8, 4) is 0 Å². The molecule has 1 aromatic rings. The molecule has 0 unspecified atom stereocenters. The topological polar surface area (TPSA) is 50.9 Å². The molecule has 1 aromatic carbocycles. The molecule has 22 heavy (non-hydrogen) atoms. The molecule has 1 aliphatic heterocycles.